The van der Waals surface area contributed by atoms with Crippen LogP contribution in [0.25, 0.3) is 0 Å². The third-order valence-electron chi connectivity index (χ3n) is 5.56. The Labute approximate surface area is 121 Å². The Kier molecular flexibility index (Phi) is 4.61. The molecule has 0 saturated heterocycles. The number of hydrogen-bond donors (Lipinski definition) is 2. The molecule has 0 aromatic carbocycles. The molecule has 0 aliphatic heterocycles. The van der Waals surface area contributed by atoms with Gasteiger partial charge >= 0.3 is 0 Å². The van der Waals surface area contributed by atoms with E-state index in [1.807, 2.05) is 0 Å². The molecule has 0 atom stereocenters. The lowest BCUT2D eigenvalue weighted by atomic mass is 9.51. The van der Waals surface area contributed by atoms with E-state index in [-0.39, 0.29) is 0 Å². The minimum absolute atomic E-state index is 0.313. The minimum Gasteiger partial charge on any atom is -0.380 e. The highest BCUT2D eigenvalue weighted by Gasteiger charge is 2.50. The summed E-state index contributed by atoms with van der Waals surface area (Å²) in [7, 11) is 0. The lowest BCUT2D eigenvalue weighted by Gasteiger charge is -2.53. The monoisotopic (exact) mass is 280 g/mol. The van der Waals surface area contributed by atoms with Crippen molar-refractivity contribution in [2.75, 3.05) is 26.3 Å². The largest absolute Gasteiger partial charge is 0.380 e. The van der Waals surface area contributed by atoms with Crippen molar-refractivity contribution in [2.45, 2.75) is 38.5 Å². The van der Waals surface area contributed by atoms with E-state index in [1.54, 1.807) is 0 Å². The van der Waals surface area contributed by atoms with Gasteiger partial charge in [0.05, 0.1) is 6.61 Å². The Bertz CT molecular complexity index is 317. The molecule has 4 bridgehead atoms. The second kappa shape index (κ2) is 6.44. The summed E-state index contributed by atoms with van der Waals surface area (Å²) in [5.41, 5.74) is 5.36. The molecule has 4 nitrogen and oxygen atoms in total. The highest BCUT2D eigenvalue weighted by Crippen LogP contribution is 2.56. The zero-order chi connectivity index (χ0) is 13.9. The van der Waals surface area contributed by atoms with Crippen molar-refractivity contribution in [1.82, 2.24) is 5.32 Å². The van der Waals surface area contributed by atoms with Crippen LogP contribution in [0.1, 0.15) is 38.5 Å². The Hall–Kier alpha value is -0.610. The molecule has 1 amide bonds. The smallest absolute Gasteiger partial charge is 0.223 e. The first-order valence-electron chi connectivity index (χ1n) is 8.33. The third-order valence-corrected chi connectivity index (χ3v) is 5.56. The molecule has 4 aliphatic carbocycles. The molecule has 0 aromatic rings. The Morgan fingerprint density at radius 1 is 1.05 bits per heavy atom. The Morgan fingerprint density at radius 3 is 2.30 bits per heavy atom. The van der Waals surface area contributed by atoms with E-state index in [4.69, 9.17) is 10.5 Å². The maximum Gasteiger partial charge on any atom is 0.223 e. The summed E-state index contributed by atoms with van der Waals surface area (Å²) in [5.74, 6) is 3.86. The van der Waals surface area contributed by atoms with Crippen LogP contribution in [0.3, 0.4) is 0 Å². The zero-order valence-electron chi connectivity index (χ0n) is 12.4. The van der Waals surface area contributed by atoms with Gasteiger partial charge in [-0.15, -0.1) is 0 Å². The summed E-state index contributed by atoms with van der Waals surface area (Å²) >= 11 is 0. The van der Waals surface area contributed by atoms with Crippen molar-refractivity contribution in [1.29, 1.82) is 0 Å². The van der Waals surface area contributed by atoms with Crippen molar-refractivity contribution in [2.24, 2.45) is 35.3 Å². The maximum absolute atomic E-state index is 12.5. The summed E-state index contributed by atoms with van der Waals surface area (Å²) in [6.07, 6.45) is 7.57. The van der Waals surface area contributed by atoms with Crippen LogP contribution in [0.4, 0.5) is 0 Å². The van der Waals surface area contributed by atoms with Crippen molar-refractivity contribution < 1.29 is 9.53 Å². The first-order valence-corrected chi connectivity index (χ1v) is 8.33. The highest BCUT2D eigenvalue weighted by atomic mass is 16.5. The van der Waals surface area contributed by atoms with E-state index >= 15 is 0 Å². The molecular formula is C16H28N2O2. The fourth-order valence-electron chi connectivity index (χ4n) is 5.04. The molecule has 4 rings (SSSR count). The highest BCUT2D eigenvalue weighted by molar-refractivity contribution is 5.79. The first kappa shape index (κ1) is 14.3. The number of nitrogens with one attached hydrogen (secondary N) is 1. The van der Waals surface area contributed by atoms with Gasteiger partial charge in [0.15, 0.2) is 0 Å². The summed E-state index contributed by atoms with van der Waals surface area (Å²) in [5, 5.41) is 3.14. The van der Waals surface area contributed by atoms with Gasteiger partial charge in [-0.25, -0.2) is 0 Å². The molecule has 0 unspecified atom stereocenters. The van der Waals surface area contributed by atoms with Gasteiger partial charge in [0.1, 0.15) is 0 Å². The van der Waals surface area contributed by atoms with Gasteiger partial charge in [0.2, 0.25) is 5.91 Å². The normalized spacial score (nSPS) is 38.1. The average molecular weight is 280 g/mol. The molecule has 0 spiro atoms. The number of hydrogen-bond acceptors (Lipinski definition) is 3. The molecule has 0 radical (unpaired) electrons. The number of carbonyl (C=O) groups is 1. The molecule has 0 aromatic heterocycles. The lowest BCUT2D eigenvalue weighted by Crippen LogP contribution is -2.51. The zero-order valence-corrected chi connectivity index (χ0v) is 12.4. The Balaban J connectivity index is 1.41. The topological polar surface area (TPSA) is 64.3 Å². The number of amides is 1. The molecule has 3 N–H and O–H groups in total. The van der Waals surface area contributed by atoms with Crippen molar-refractivity contribution in [3.05, 3.63) is 0 Å². The molecular weight excluding hydrogens is 252 g/mol. The fraction of sp³-hybridized carbons (Fsp3) is 0.938. The van der Waals surface area contributed by atoms with Crippen LogP contribution in [0.15, 0.2) is 0 Å². The third kappa shape index (κ3) is 3.01. The molecule has 4 aliphatic rings. The maximum atomic E-state index is 12.5. The summed E-state index contributed by atoms with van der Waals surface area (Å²) < 4.78 is 5.33. The van der Waals surface area contributed by atoms with Crippen LogP contribution < -0.4 is 11.1 Å². The average Bonchev–Trinajstić information content (AvgIpc) is 2.41. The molecule has 4 saturated carbocycles. The van der Waals surface area contributed by atoms with E-state index in [2.05, 4.69) is 5.32 Å². The summed E-state index contributed by atoms with van der Waals surface area (Å²) in [4.78, 5) is 12.5. The van der Waals surface area contributed by atoms with E-state index in [0.717, 1.165) is 24.8 Å². The Morgan fingerprint density at radius 2 is 1.70 bits per heavy atom. The van der Waals surface area contributed by atoms with Crippen LogP contribution >= 0.6 is 0 Å². The van der Waals surface area contributed by atoms with Gasteiger partial charge < -0.3 is 15.8 Å². The summed E-state index contributed by atoms with van der Waals surface area (Å²) in [6, 6.07) is 0. The van der Waals surface area contributed by atoms with Crippen LogP contribution in [0, 0.1) is 29.6 Å². The molecule has 20 heavy (non-hydrogen) atoms. The first-order chi connectivity index (χ1) is 9.78. The van der Waals surface area contributed by atoms with Crippen LogP contribution in [-0.2, 0) is 9.53 Å². The van der Waals surface area contributed by atoms with E-state index < -0.39 is 0 Å². The van der Waals surface area contributed by atoms with Gasteiger partial charge in [-0.1, -0.05) is 0 Å². The molecule has 4 heteroatoms. The van der Waals surface area contributed by atoms with Gasteiger partial charge in [0, 0.05) is 25.6 Å². The molecule has 114 valence electrons. The molecule has 4 fully saturated rings. The second-order valence-electron chi connectivity index (χ2n) is 7.00. The SMILES string of the molecule is NCCOCCCNC(=O)C1C2CC3CC(C2)CC1C3. The van der Waals surface area contributed by atoms with Crippen molar-refractivity contribution in [3.63, 3.8) is 0 Å². The lowest BCUT2D eigenvalue weighted by molar-refractivity contribution is -0.138. The van der Waals surface area contributed by atoms with Gasteiger partial charge in [0.25, 0.3) is 0 Å². The standard InChI is InChI=1S/C16H28N2O2/c17-2-5-20-4-1-3-18-16(19)15-13-7-11-6-12(9-13)10-14(15)8-11/h11-15H,1-10,17H2,(H,18,19). The fourth-order valence-corrected chi connectivity index (χ4v) is 5.04. The number of rotatable bonds is 7. The predicted molar refractivity (Wildman–Crippen MR) is 78.0 cm³/mol. The van der Waals surface area contributed by atoms with Gasteiger partial charge in [-0.2, -0.15) is 0 Å². The van der Waals surface area contributed by atoms with Crippen LogP contribution in [-0.4, -0.2) is 32.2 Å². The number of nitrogens with two attached hydrogens (primary N) is 1. The predicted octanol–water partition coefficient (Wildman–Crippen LogP) is 1.54. The minimum atomic E-state index is 0.313. The van der Waals surface area contributed by atoms with E-state index in [0.29, 0.717) is 43.4 Å². The quantitative estimate of drug-likeness (QED) is 0.695. The number of carbonyl (C=O) groups excluding carboxylic acids is 1. The molecule has 0 heterocycles. The van der Waals surface area contributed by atoms with Gasteiger partial charge in [-0.3, -0.25) is 4.79 Å². The number of ether oxygens (including phenoxy) is 1. The van der Waals surface area contributed by atoms with E-state index in [1.165, 1.54) is 32.1 Å². The van der Waals surface area contributed by atoms with Crippen LogP contribution in [0.2, 0.25) is 0 Å². The van der Waals surface area contributed by atoms with Gasteiger partial charge in [-0.05, 0) is 62.2 Å². The van der Waals surface area contributed by atoms with Crippen LogP contribution in [0.5, 0.6) is 0 Å². The second-order valence-corrected chi connectivity index (χ2v) is 7.00. The van der Waals surface area contributed by atoms with Crippen molar-refractivity contribution >= 4 is 5.91 Å². The van der Waals surface area contributed by atoms with Crippen molar-refractivity contribution in [3.8, 4) is 0 Å². The van der Waals surface area contributed by atoms with E-state index in [9.17, 15) is 4.79 Å². The summed E-state index contributed by atoms with van der Waals surface area (Å²) in [6.45, 7) is 2.62.